The lowest BCUT2D eigenvalue weighted by Gasteiger charge is -2.03. The molecular formula is C11H19N3O3S. The number of aromatic amines is 1. The molecule has 1 heterocycles. The van der Waals surface area contributed by atoms with E-state index in [1.807, 2.05) is 20.8 Å². The van der Waals surface area contributed by atoms with Crippen molar-refractivity contribution < 1.29 is 14.3 Å². The molecule has 6 nitrogen and oxygen atoms in total. The Bertz CT molecular complexity index is 368. The Labute approximate surface area is 111 Å². The highest BCUT2D eigenvalue weighted by Crippen LogP contribution is 2.15. The van der Waals surface area contributed by atoms with Crippen LogP contribution in [0.25, 0.3) is 0 Å². The van der Waals surface area contributed by atoms with Crippen molar-refractivity contribution in [1.82, 2.24) is 15.2 Å². The third kappa shape index (κ3) is 5.50. The van der Waals surface area contributed by atoms with Gasteiger partial charge in [0.2, 0.25) is 5.16 Å². The molecule has 0 radical (unpaired) electrons. The highest BCUT2D eigenvalue weighted by molar-refractivity contribution is 7.99. The van der Waals surface area contributed by atoms with E-state index in [4.69, 9.17) is 9.47 Å². The van der Waals surface area contributed by atoms with Crippen LogP contribution in [-0.4, -0.2) is 46.7 Å². The molecule has 0 unspecified atom stereocenters. The fraction of sp³-hybridized carbons (Fsp3) is 0.727. The van der Waals surface area contributed by atoms with Gasteiger partial charge in [0.1, 0.15) is 12.4 Å². The summed E-state index contributed by atoms with van der Waals surface area (Å²) in [5.41, 5.74) is 0. The van der Waals surface area contributed by atoms with E-state index in [0.717, 1.165) is 5.82 Å². The minimum Gasteiger partial charge on any atom is -0.463 e. The SMILES string of the molecule is CCOCCOC(=O)CSc1n[nH]c(C(C)C)n1. The molecule has 0 atom stereocenters. The molecule has 0 spiro atoms. The van der Waals surface area contributed by atoms with Gasteiger partial charge in [0.05, 0.1) is 12.4 Å². The molecule has 0 aliphatic carbocycles. The van der Waals surface area contributed by atoms with E-state index in [0.29, 0.717) is 30.9 Å². The molecule has 0 amide bonds. The first-order valence-electron chi connectivity index (χ1n) is 5.92. The average Bonchev–Trinajstić information content (AvgIpc) is 2.81. The third-order valence-corrected chi connectivity index (χ3v) is 2.86. The summed E-state index contributed by atoms with van der Waals surface area (Å²) in [6.07, 6.45) is 0. The third-order valence-electron chi connectivity index (χ3n) is 2.04. The molecule has 0 bridgehead atoms. The first-order chi connectivity index (χ1) is 8.63. The number of H-pyrrole nitrogens is 1. The summed E-state index contributed by atoms with van der Waals surface area (Å²) < 4.78 is 10.0. The van der Waals surface area contributed by atoms with E-state index in [1.54, 1.807) is 0 Å². The zero-order valence-electron chi connectivity index (χ0n) is 10.9. The number of nitrogens with zero attached hydrogens (tertiary/aromatic N) is 2. The van der Waals surface area contributed by atoms with Gasteiger partial charge in [0.25, 0.3) is 0 Å². The molecule has 0 saturated heterocycles. The molecule has 1 aromatic heterocycles. The van der Waals surface area contributed by atoms with Gasteiger partial charge in [-0.1, -0.05) is 25.6 Å². The summed E-state index contributed by atoms with van der Waals surface area (Å²) in [5, 5.41) is 7.42. The number of rotatable bonds is 8. The summed E-state index contributed by atoms with van der Waals surface area (Å²) in [5.74, 6) is 1.05. The monoisotopic (exact) mass is 273 g/mol. The zero-order chi connectivity index (χ0) is 13.4. The zero-order valence-corrected chi connectivity index (χ0v) is 11.7. The number of carbonyl (C=O) groups excluding carboxylic acids is 1. The maximum absolute atomic E-state index is 11.4. The van der Waals surface area contributed by atoms with Gasteiger partial charge >= 0.3 is 5.97 Å². The van der Waals surface area contributed by atoms with Crippen LogP contribution in [0.2, 0.25) is 0 Å². The molecular weight excluding hydrogens is 254 g/mol. The van der Waals surface area contributed by atoms with Gasteiger partial charge in [-0.3, -0.25) is 9.89 Å². The molecule has 0 fully saturated rings. The van der Waals surface area contributed by atoms with Crippen LogP contribution in [0.1, 0.15) is 32.5 Å². The van der Waals surface area contributed by atoms with Crippen molar-refractivity contribution in [1.29, 1.82) is 0 Å². The molecule has 7 heteroatoms. The Morgan fingerprint density at radius 3 is 2.83 bits per heavy atom. The Kier molecular flexibility index (Phi) is 6.74. The van der Waals surface area contributed by atoms with Crippen LogP contribution in [0.3, 0.4) is 0 Å². The molecule has 1 N–H and O–H groups in total. The Hall–Kier alpha value is -1.08. The molecule has 0 saturated carbocycles. The van der Waals surface area contributed by atoms with Crippen molar-refractivity contribution in [3.63, 3.8) is 0 Å². The van der Waals surface area contributed by atoms with E-state index >= 15 is 0 Å². The second kappa shape index (κ2) is 8.10. The Morgan fingerprint density at radius 2 is 2.22 bits per heavy atom. The number of carbonyl (C=O) groups is 1. The molecule has 18 heavy (non-hydrogen) atoms. The minimum atomic E-state index is -0.282. The largest absolute Gasteiger partial charge is 0.463 e. The molecule has 0 aliphatic rings. The summed E-state index contributed by atoms with van der Waals surface area (Å²) in [4.78, 5) is 15.6. The van der Waals surface area contributed by atoms with Crippen LogP contribution < -0.4 is 0 Å². The van der Waals surface area contributed by atoms with Gasteiger partial charge in [-0.05, 0) is 6.92 Å². The lowest BCUT2D eigenvalue weighted by atomic mass is 10.2. The van der Waals surface area contributed by atoms with Crippen LogP contribution in [0, 0.1) is 0 Å². The van der Waals surface area contributed by atoms with Crippen molar-refractivity contribution in [2.45, 2.75) is 31.8 Å². The normalized spacial score (nSPS) is 10.9. The van der Waals surface area contributed by atoms with Crippen LogP contribution in [-0.2, 0) is 14.3 Å². The van der Waals surface area contributed by atoms with Crippen molar-refractivity contribution >= 4 is 17.7 Å². The first-order valence-corrected chi connectivity index (χ1v) is 6.90. The van der Waals surface area contributed by atoms with Gasteiger partial charge in [-0.15, -0.1) is 5.10 Å². The van der Waals surface area contributed by atoms with Gasteiger partial charge in [-0.25, -0.2) is 4.98 Å². The van der Waals surface area contributed by atoms with Crippen molar-refractivity contribution in [2.24, 2.45) is 0 Å². The number of nitrogens with one attached hydrogen (secondary N) is 1. The highest BCUT2D eigenvalue weighted by Gasteiger charge is 2.10. The molecule has 0 aromatic carbocycles. The molecule has 102 valence electrons. The number of aromatic nitrogens is 3. The minimum absolute atomic E-state index is 0.210. The van der Waals surface area contributed by atoms with Crippen LogP contribution in [0.5, 0.6) is 0 Å². The van der Waals surface area contributed by atoms with E-state index in [1.165, 1.54) is 11.8 Å². The van der Waals surface area contributed by atoms with Crippen LogP contribution in [0.4, 0.5) is 0 Å². The standard InChI is InChI=1S/C11H19N3O3S/c1-4-16-5-6-17-9(15)7-18-11-12-10(8(2)3)13-14-11/h8H,4-7H2,1-3H3,(H,12,13,14). The van der Waals surface area contributed by atoms with E-state index in [-0.39, 0.29) is 11.7 Å². The van der Waals surface area contributed by atoms with Crippen molar-refractivity contribution in [3.8, 4) is 0 Å². The summed E-state index contributed by atoms with van der Waals surface area (Å²) in [7, 11) is 0. The second-order valence-corrected chi connectivity index (χ2v) is 4.81. The lowest BCUT2D eigenvalue weighted by Crippen LogP contribution is -2.12. The fourth-order valence-electron chi connectivity index (χ4n) is 1.10. The predicted octanol–water partition coefficient (Wildman–Crippen LogP) is 1.60. The topological polar surface area (TPSA) is 77.1 Å². The first kappa shape index (κ1) is 15.0. The molecule has 1 aromatic rings. The molecule has 1 rings (SSSR count). The summed E-state index contributed by atoms with van der Waals surface area (Å²) in [6, 6.07) is 0. The average molecular weight is 273 g/mol. The van der Waals surface area contributed by atoms with E-state index in [2.05, 4.69) is 15.2 Å². The van der Waals surface area contributed by atoms with Crippen molar-refractivity contribution in [2.75, 3.05) is 25.6 Å². The van der Waals surface area contributed by atoms with Gasteiger partial charge in [0, 0.05) is 12.5 Å². The number of hydrogen-bond donors (Lipinski definition) is 1. The fourth-order valence-corrected chi connectivity index (χ4v) is 1.71. The number of thioether (sulfide) groups is 1. The highest BCUT2D eigenvalue weighted by atomic mass is 32.2. The maximum Gasteiger partial charge on any atom is 0.316 e. The van der Waals surface area contributed by atoms with Gasteiger partial charge < -0.3 is 9.47 Å². The van der Waals surface area contributed by atoms with Gasteiger partial charge in [-0.2, -0.15) is 0 Å². The van der Waals surface area contributed by atoms with E-state index in [9.17, 15) is 4.79 Å². The second-order valence-electron chi connectivity index (χ2n) is 3.86. The van der Waals surface area contributed by atoms with Crippen LogP contribution in [0.15, 0.2) is 5.16 Å². The number of hydrogen-bond acceptors (Lipinski definition) is 6. The Morgan fingerprint density at radius 1 is 1.44 bits per heavy atom. The molecule has 0 aliphatic heterocycles. The van der Waals surface area contributed by atoms with E-state index < -0.39 is 0 Å². The van der Waals surface area contributed by atoms with Crippen molar-refractivity contribution in [3.05, 3.63) is 5.82 Å². The van der Waals surface area contributed by atoms with Gasteiger partial charge in [0.15, 0.2) is 0 Å². The Balaban J connectivity index is 2.21. The summed E-state index contributed by atoms with van der Waals surface area (Å²) >= 11 is 1.26. The lowest BCUT2D eigenvalue weighted by molar-refractivity contribution is -0.141. The maximum atomic E-state index is 11.4. The summed E-state index contributed by atoms with van der Waals surface area (Å²) in [6.45, 7) is 7.30. The number of esters is 1. The quantitative estimate of drug-likeness (QED) is 0.440. The smallest absolute Gasteiger partial charge is 0.316 e. The van der Waals surface area contributed by atoms with Crippen LogP contribution >= 0.6 is 11.8 Å². The number of ether oxygens (including phenoxy) is 2. The predicted molar refractivity (Wildman–Crippen MR) is 68.6 cm³/mol.